The Morgan fingerprint density at radius 3 is 2.29 bits per heavy atom. The van der Waals surface area contributed by atoms with E-state index in [0.717, 1.165) is 0 Å². The van der Waals surface area contributed by atoms with Crippen molar-refractivity contribution in [3.63, 3.8) is 0 Å². The van der Waals surface area contributed by atoms with E-state index < -0.39 is 43.6 Å². The van der Waals surface area contributed by atoms with Crippen molar-refractivity contribution in [3.05, 3.63) is 23.8 Å². The fourth-order valence-electron chi connectivity index (χ4n) is 1.59. The molecule has 1 aliphatic rings. The molecule has 1 aliphatic carbocycles. The molecule has 21 heavy (non-hydrogen) atoms. The van der Waals surface area contributed by atoms with Gasteiger partial charge in [-0.25, -0.2) is 4.79 Å². The van der Waals surface area contributed by atoms with Gasteiger partial charge in [0.15, 0.2) is 5.78 Å². The number of aliphatic hydroxyl groups excluding tert-OH is 5. The van der Waals surface area contributed by atoms with Crippen LogP contribution in [-0.2, 0) is 14.3 Å². The molecule has 0 aromatic heterocycles. The van der Waals surface area contributed by atoms with Crippen LogP contribution in [0.5, 0.6) is 0 Å². The molecule has 0 spiro atoms. The van der Waals surface area contributed by atoms with Gasteiger partial charge in [0.1, 0.15) is 31.0 Å². The Kier molecular flexibility index (Phi) is 6.66. The maximum atomic E-state index is 11.6. The predicted octanol–water partition coefficient (Wildman–Crippen LogP) is -2.58. The molecule has 0 bridgehead atoms. The average Bonchev–Trinajstić information content (AvgIpc) is 2.50. The third kappa shape index (κ3) is 5.03. The summed E-state index contributed by atoms with van der Waals surface area (Å²) in [6, 6.07) is 0. The van der Waals surface area contributed by atoms with Crippen LogP contribution in [0.1, 0.15) is 6.42 Å². The van der Waals surface area contributed by atoms with Crippen LogP contribution >= 0.6 is 0 Å². The van der Waals surface area contributed by atoms with Gasteiger partial charge in [-0.05, 0) is 12.2 Å². The maximum absolute atomic E-state index is 11.6. The van der Waals surface area contributed by atoms with E-state index >= 15 is 0 Å². The minimum absolute atomic E-state index is 0.0769. The highest BCUT2D eigenvalue weighted by atomic mass is 16.5. The zero-order valence-electron chi connectivity index (χ0n) is 11.1. The van der Waals surface area contributed by atoms with E-state index in [4.69, 9.17) is 14.9 Å². The minimum atomic E-state index is -1.79. The molecule has 0 aromatic rings. The zero-order chi connectivity index (χ0) is 16.0. The van der Waals surface area contributed by atoms with E-state index in [2.05, 4.69) is 0 Å². The predicted molar refractivity (Wildman–Crippen MR) is 68.9 cm³/mol. The third-order valence-electron chi connectivity index (χ3n) is 2.92. The van der Waals surface area contributed by atoms with Crippen molar-refractivity contribution in [2.45, 2.75) is 30.8 Å². The molecule has 0 radical (unpaired) electrons. The summed E-state index contributed by atoms with van der Waals surface area (Å²) in [6.45, 7) is -1.41. The summed E-state index contributed by atoms with van der Waals surface area (Å²) in [5, 5.41) is 46.2. The molecule has 4 atom stereocenters. The van der Waals surface area contributed by atoms with Gasteiger partial charge in [0, 0.05) is 6.42 Å². The lowest BCUT2D eigenvalue weighted by molar-refractivity contribution is -0.152. The molecule has 0 fully saturated rings. The fourth-order valence-corrected chi connectivity index (χ4v) is 1.59. The molecular formula is C13H18O8. The summed E-state index contributed by atoms with van der Waals surface area (Å²) in [5.74, 6) is -0.940. The van der Waals surface area contributed by atoms with Crippen molar-refractivity contribution < 1.29 is 39.9 Å². The highest BCUT2D eigenvalue weighted by Gasteiger charge is 2.30. The summed E-state index contributed by atoms with van der Waals surface area (Å²) < 4.78 is 4.73. The number of esters is 1. The number of ketones is 1. The van der Waals surface area contributed by atoms with Gasteiger partial charge in [-0.15, -0.1) is 0 Å². The topological polar surface area (TPSA) is 145 Å². The van der Waals surface area contributed by atoms with Crippen LogP contribution < -0.4 is 0 Å². The molecule has 0 aromatic carbocycles. The number of aliphatic hydroxyl groups is 5. The van der Waals surface area contributed by atoms with Crippen molar-refractivity contribution in [1.82, 2.24) is 0 Å². The lowest BCUT2D eigenvalue weighted by Crippen LogP contribution is -2.47. The van der Waals surface area contributed by atoms with E-state index in [1.807, 2.05) is 0 Å². The number of allylic oxidation sites excluding steroid dienone is 2. The van der Waals surface area contributed by atoms with Gasteiger partial charge in [0.25, 0.3) is 0 Å². The van der Waals surface area contributed by atoms with Crippen LogP contribution in [0.25, 0.3) is 0 Å². The molecule has 0 saturated carbocycles. The quantitative estimate of drug-likeness (QED) is 0.322. The van der Waals surface area contributed by atoms with Crippen LogP contribution in [-0.4, -0.2) is 74.9 Å². The third-order valence-corrected chi connectivity index (χ3v) is 2.92. The average molecular weight is 302 g/mol. The molecule has 5 N–H and O–H groups in total. The van der Waals surface area contributed by atoms with Crippen molar-refractivity contribution in [2.75, 3.05) is 13.2 Å². The maximum Gasteiger partial charge on any atom is 0.337 e. The second-order valence-electron chi connectivity index (χ2n) is 4.56. The number of rotatable bonds is 7. The Hall–Kier alpha value is -1.58. The Labute approximate surface area is 120 Å². The molecule has 8 nitrogen and oxygen atoms in total. The van der Waals surface area contributed by atoms with Crippen LogP contribution in [0, 0.1) is 0 Å². The summed E-state index contributed by atoms with van der Waals surface area (Å²) in [4.78, 5) is 22.5. The van der Waals surface area contributed by atoms with Crippen LogP contribution in [0.3, 0.4) is 0 Å². The van der Waals surface area contributed by atoms with Crippen molar-refractivity contribution in [3.8, 4) is 0 Å². The fraction of sp³-hybridized carbons (Fsp3) is 0.538. The molecule has 0 amide bonds. The monoisotopic (exact) mass is 302 g/mol. The zero-order valence-corrected chi connectivity index (χ0v) is 11.1. The molecule has 1 rings (SSSR count). The first-order chi connectivity index (χ1) is 9.86. The number of hydrogen-bond donors (Lipinski definition) is 5. The molecule has 0 aliphatic heterocycles. The minimum Gasteiger partial charge on any atom is -0.459 e. The summed E-state index contributed by atoms with van der Waals surface area (Å²) in [7, 11) is 0. The Morgan fingerprint density at radius 1 is 1.14 bits per heavy atom. The first-order valence-electron chi connectivity index (χ1n) is 6.28. The van der Waals surface area contributed by atoms with Gasteiger partial charge in [-0.3, -0.25) is 4.79 Å². The number of carbonyl (C=O) groups is 2. The number of hydrogen-bond acceptors (Lipinski definition) is 8. The SMILES string of the molecule is O=C1C=CC(C(=O)OC[C@H](O)[C@@H](O)[C@H](O)[C@H](O)CO)=CC1. The first kappa shape index (κ1) is 17.5. The van der Waals surface area contributed by atoms with E-state index in [0.29, 0.717) is 0 Å². The van der Waals surface area contributed by atoms with Crippen LogP contribution in [0.15, 0.2) is 23.8 Å². The van der Waals surface area contributed by atoms with E-state index in [1.54, 1.807) is 0 Å². The normalized spacial score (nSPS) is 20.4. The second-order valence-corrected chi connectivity index (χ2v) is 4.56. The highest BCUT2D eigenvalue weighted by molar-refractivity contribution is 6.00. The highest BCUT2D eigenvalue weighted by Crippen LogP contribution is 2.11. The van der Waals surface area contributed by atoms with Gasteiger partial charge in [-0.2, -0.15) is 0 Å². The van der Waals surface area contributed by atoms with Crippen LogP contribution in [0.2, 0.25) is 0 Å². The molecule has 0 saturated heterocycles. The largest absolute Gasteiger partial charge is 0.459 e. The number of carbonyl (C=O) groups excluding carboxylic acids is 2. The van der Waals surface area contributed by atoms with Gasteiger partial charge < -0.3 is 30.3 Å². The molecule has 0 unspecified atom stereocenters. The Bertz CT molecular complexity index is 441. The molecule has 0 heterocycles. The summed E-state index contributed by atoms with van der Waals surface area (Å²) in [6.07, 6.45) is -2.89. The van der Waals surface area contributed by atoms with Gasteiger partial charge in [0.2, 0.25) is 0 Å². The van der Waals surface area contributed by atoms with E-state index in [9.17, 15) is 24.9 Å². The first-order valence-corrected chi connectivity index (χ1v) is 6.28. The van der Waals surface area contributed by atoms with Crippen molar-refractivity contribution >= 4 is 11.8 Å². The Morgan fingerprint density at radius 2 is 1.76 bits per heavy atom. The van der Waals surface area contributed by atoms with Crippen molar-refractivity contribution in [2.24, 2.45) is 0 Å². The lowest BCUT2D eigenvalue weighted by atomic mass is 10.0. The lowest BCUT2D eigenvalue weighted by Gasteiger charge is -2.25. The Balaban J connectivity index is 2.45. The van der Waals surface area contributed by atoms with Gasteiger partial charge in [-0.1, -0.05) is 6.08 Å². The van der Waals surface area contributed by atoms with Crippen molar-refractivity contribution in [1.29, 1.82) is 0 Å². The number of ether oxygens (including phenoxy) is 1. The molecular weight excluding hydrogens is 284 g/mol. The molecule has 8 heteroatoms. The summed E-state index contributed by atoms with van der Waals surface area (Å²) in [5.41, 5.74) is 0.146. The van der Waals surface area contributed by atoms with E-state index in [-0.39, 0.29) is 17.8 Å². The van der Waals surface area contributed by atoms with E-state index in [1.165, 1.54) is 18.2 Å². The smallest absolute Gasteiger partial charge is 0.337 e. The second kappa shape index (κ2) is 8.01. The van der Waals surface area contributed by atoms with Crippen LogP contribution in [0.4, 0.5) is 0 Å². The summed E-state index contributed by atoms with van der Waals surface area (Å²) >= 11 is 0. The van der Waals surface area contributed by atoms with Gasteiger partial charge in [0.05, 0.1) is 12.2 Å². The standard InChI is InChI=1S/C13H18O8/c14-5-9(16)11(18)12(19)10(17)6-21-13(20)7-1-3-8(15)4-2-7/h1-3,9-12,14,16-19H,4-6H2/t9-,10+,11-,12-/m1/s1. The van der Waals surface area contributed by atoms with Gasteiger partial charge >= 0.3 is 5.97 Å². The molecule has 118 valence electrons.